The van der Waals surface area contributed by atoms with Crippen LogP contribution in [0.25, 0.3) is 22.2 Å². The Labute approximate surface area is 190 Å². The first-order chi connectivity index (χ1) is 16.2. The van der Waals surface area contributed by atoms with E-state index in [1.165, 1.54) is 6.92 Å². The quantitative estimate of drug-likeness (QED) is 0.300. The van der Waals surface area contributed by atoms with Crippen LogP contribution < -0.4 is 11.2 Å². The van der Waals surface area contributed by atoms with E-state index in [0.717, 1.165) is 13.8 Å². The van der Waals surface area contributed by atoms with Crippen LogP contribution >= 0.6 is 0 Å². The number of esters is 3. The number of H-pyrrole nitrogens is 1. The van der Waals surface area contributed by atoms with Crippen LogP contribution in [-0.4, -0.2) is 62.3 Å². The summed E-state index contributed by atoms with van der Waals surface area (Å²) in [4.78, 5) is 72.2. The van der Waals surface area contributed by atoms with E-state index in [0.29, 0.717) is 15.6 Å². The van der Waals surface area contributed by atoms with Crippen LogP contribution in [0.5, 0.6) is 0 Å². The lowest BCUT2D eigenvalue weighted by Crippen LogP contribution is -2.45. The zero-order chi connectivity index (χ0) is 24.6. The molecule has 1 N–H and O–H groups in total. The van der Waals surface area contributed by atoms with E-state index in [1.807, 2.05) is 0 Å². The van der Waals surface area contributed by atoms with Gasteiger partial charge in [-0.05, 0) is 12.1 Å². The second kappa shape index (κ2) is 9.02. The van der Waals surface area contributed by atoms with Crippen LogP contribution in [0.15, 0.2) is 33.9 Å². The van der Waals surface area contributed by atoms with E-state index in [2.05, 4.69) is 15.0 Å². The minimum atomic E-state index is -1.51. The topological polar surface area (TPSA) is 169 Å². The Kier molecular flexibility index (Phi) is 6.11. The fraction of sp³-hybridized carbons (Fsp3) is 0.381. The Balaban J connectivity index is 1.86. The lowest BCUT2D eigenvalue weighted by atomic mass is 10.1. The van der Waals surface area contributed by atoms with Crippen LogP contribution in [0, 0.1) is 0 Å². The molecule has 178 valence electrons. The summed E-state index contributed by atoms with van der Waals surface area (Å²) >= 11 is 0. The highest BCUT2D eigenvalue weighted by Crippen LogP contribution is 2.33. The predicted octanol–water partition coefficient (Wildman–Crippen LogP) is -0.0431. The van der Waals surface area contributed by atoms with E-state index >= 15 is 0 Å². The first kappa shape index (κ1) is 23.0. The molecule has 1 aromatic carbocycles. The highest BCUT2D eigenvalue weighted by Gasteiger charge is 2.51. The van der Waals surface area contributed by atoms with Gasteiger partial charge >= 0.3 is 23.6 Å². The highest BCUT2D eigenvalue weighted by atomic mass is 16.7. The lowest BCUT2D eigenvalue weighted by Gasteiger charge is -2.23. The number of ether oxygens (including phenoxy) is 4. The lowest BCUT2D eigenvalue weighted by molar-refractivity contribution is -0.166. The van der Waals surface area contributed by atoms with Gasteiger partial charge in [-0.25, -0.2) is 19.3 Å². The molecule has 0 amide bonds. The Hall–Kier alpha value is -4.13. The summed E-state index contributed by atoms with van der Waals surface area (Å²) in [7, 11) is 0. The van der Waals surface area contributed by atoms with Gasteiger partial charge in [0.15, 0.2) is 29.6 Å². The summed E-state index contributed by atoms with van der Waals surface area (Å²) in [5, 5.41) is 0. The van der Waals surface area contributed by atoms with Gasteiger partial charge in [0, 0.05) is 20.8 Å². The molecule has 3 heterocycles. The number of aromatic amines is 1. The van der Waals surface area contributed by atoms with Gasteiger partial charge in [-0.3, -0.25) is 24.2 Å². The summed E-state index contributed by atoms with van der Waals surface area (Å²) < 4.78 is 22.0. The fourth-order valence-corrected chi connectivity index (χ4v) is 3.74. The summed E-state index contributed by atoms with van der Waals surface area (Å²) in [6.45, 7) is 3.01. The van der Waals surface area contributed by atoms with Gasteiger partial charge in [0.1, 0.15) is 12.7 Å². The van der Waals surface area contributed by atoms with Crippen molar-refractivity contribution in [2.75, 3.05) is 6.61 Å². The number of rotatable bonds is 5. The highest BCUT2D eigenvalue weighted by molar-refractivity contribution is 5.83. The molecule has 1 aliphatic rings. The molecule has 0 spiro atoms. The first-order valence-electron chi connectivity index (χ1n) is 10.2. The Morgan fingerprint density at radius 3 is 2.21 bits per heavy atom. The first-order valence-corrected chi connectivity index (χ1v) is 10.2. The number of fused-ring (bicyclic) bond motifs is 2. The van der Waals surface area contributed by atoms with Crippen molar-refractivity contribution in [3.8, 4) is 0 Å². The summed E-state index contributed by atoms with van der Waals surface area (Å²) in [6.07, 6.45) is -5.31. The van der Waals surface area contributed by atoms with E-state index in [-0.39, 0.29) is 17.8 Å². The third-order valence-corrected chi connectivity index (χ3v) is 5.03. The molecular formula is C21H20N4O9. The largest absolute Gasteiger partial charge is 0.463 e. The number of nitrogens with one attached hydrogen (secondary N) is 1. The molecule has 0 bridgehead atoms. The Morgan fingerprint density at radius 2 is 1.59 bits per heavy atom. The molecule has 2 aromatic heterocycles. The van der Waals surface area contributed by atoms with Crippen LogP contribution in [0.1, 0.15) is 27.0 Å². The average molecular weight is 472 g/mol. The molecule has 0 saturated carbocycles. The number of benzene rings is 1. The smallest absolute Gasteiger partial charge is 0.332 e. The standard InChI is InChI=1S/C21H20N4O9/c1-9(26)31-8-14-16(32-10(2)27)17(33-11(3)28)20(34-14)25-19(29)15-18(24-21(25)30)23-13-7-5-4-6-12(13)22-15/h4-7,14,16-17,20H,8H2,1-3H3,(H,23,24,30)/t14-,16-,17-,20-/m1/s1. The number of nitrogens with zero attached hydrogens (tertiary/aromatic N) is 3. The number of aromatic nitrogens is 4. The third-order valence-electron chi connectivity index (χ3n) is 5.03. The molecule has 0 radical (unpaired) electrons. The van der Waals surface area contributed by atoms with Crippen molar-refractivity contribution < 1.29 is 33.3 Å². The predicted molar refractivity (Wildman–Crippen MR) is 114 cm³/mol. The van der Waals surface area contributed by atoms with Gasteiger partial charge in [0.2, 0.25) is 0 Å². The summed E-state index contributed by atoms with van der Waals surface area (Å²) in [5.41, 5.74) is -1.10. The molecule has 1 fully saturated rings. The molecule has 0 unspecified atom stereocenters. The van der Waals surface area contributed by atoms with Crippen molar-refractivity contribution in [1.29, 1.82) is 0 Å². The van der Waals surface area contributed by atoms with Crippen LogP contribution in [0.2, 0.25) is 0 Å². The molecule has 34 heavy (non-hydrogen) atoms. The monoisotopic (exact) mass is 472 g/mol. The van der Waals surface area contributed by atoms with Gasteiger partial charge in [0.05, 0.1) is 11.0 Å². The van der Waals surface area contributed by atoms with Gasteiger partial charge in [-0.2, -0.15) is 0 Å². The van der Waals surface area contributed by atoms with Gasteiger partial charge in [-0.15, -0.1) is 0 Å². The number of hydrogen-bond donors (Lipinski definition) is 1. The number of para-hydroxylation sites is 2. The van der Waals surface area contributed by atoms with Crippen molar-refractivity contribution in [3.63, 3.8) is 0 Å². The van der Waals surface area contributed by atoms with Crippen molar-refractivity contribution >= 4 is 40.1 Å². The van der Waals surface area contributed by atoms with E-state index < -0.39 is 53.7 Å². The fourth-order valence-electron chi connectivity index (χ4n) is 3.74. The summed E-state index contributed by atoms with van der Waals surface area (Å²) in [5.74, 6) is -2.16. The van der Waals surface area contributed by atoms with E-state index in [4.69, 9.17) is 18.9 Å². The molecule has 4 atom stereocenters. The van der Waals surface area contributed by atoms with Crippen molar-refractivity contribution in [3.05, 3.63) is 45.1 Å². The number of carbonyl (C=O) groups excluding carboxylic acids is 3. The minimum absolute atomic E-state index is 0.0417. The zero-order valence-corrected chi connectivity index (χ0v) is 18.3. The minimum Gasteiger partial charge on any atom is -0.463 e. The Morgan fingerprint density at radius 1 is 0.971 bits per heavy atom. The molecule has 3 aromatic rings. The maximum atomic E-state index is 13.3. The molecule has 13 heteroatoms. The second-order valence-corrected chi connectivity index (χ2v) is 7.53. The summed E-state index contributed by atoms with van der Waals surface area (Å²) in [6, 6.07) is 6.77. The van der Waals surface area contributed by atoms with E-state index in [1.54, 1.807) is 24.3 Å². The molecule has 4 rings (SSSR count). The molecule has 0 aliphatic carbocycles. The van der Waals surface area contributed by atoms with Crippen molar-refractivity contribution in [2.24, 2.45) is 0 Å². The molecule has 1 aliphatic heterocycles. The Bertz CT molecular complexity index is 1410. The SMILES string of the molecule is CC(=O)OC[C@H]1O[C@@H](n2c(=O)[nH]c3nc4ccccc4nc3c2=O)[C@H](OC(C)=O)[C@@H]1OC(C)=O. The second-order valence-electron chi connectivity index (χ2n) is 7.53. The van der Waals surface area contributed by atoms with Gasteiger partial charge in [-0.1, -0.05) is 12.1 Å². The molecule has 1 saturated heterocycles. The van der Waals surface area contributed by atoms with Crippen LogP contribution in [0.4, 0.5) is 0 Å². The third kappa shape index (κ3) is 4.37. The van der Waals surface area contributed by atoms with Gasteiger partial charge < -0.3 is 18.9 Å². The normalized spacial score (nSPS) is 22.0. The van der Waals surface area contributed by atoms with Gasteiger partial charge in [0.25, 0.3) is 5.56 Å². The molecule has 13 nitrogen and oxygen atoms in total. The molecular weight excluding hydrogens is 452 g/mol. The van der Waals surface area contributed by atoms with Crippen LogP contribution in [0.3, 0.4) is 0 Å². The van der Waals surface area contributed by atoms with Crippen molar-refractivity contribution in [2.45, 2.75) is 45.3 Å². The number of carbonyl (C=O) groups is 3. The van der Waals surface area contributed by atoms with Crippen LogP contribution in [-0.2, 0) is 33.3 Å². The maximum absolute atomic E-state index is 13.3. The van der Waals surface area contributed by atoms with Crippen molar-refractivity contribution in [1.82, 2.24) is 19.5 Å². The zero-order valence-electron chi connectivity index (χ0n) is 18.3. The maximum Gasteiger partial charge on any atom is 0.332 e. The van der Waals surface area contributed by atoms with E-state index in [9.17, 15) is 24.0 Å². The average Bonchev–Trinajstić information content (AvgIpc) is 3.07. The number of hydrogen-bond acceptors (Lipinski definition) is 11.